The summed E-state index contributed by atoms with van der Waals surface area (Å²) in [4.78, 5) is 4.13. The van der Waals surface area contributed by atoms with E-state index in [4.69, 9.17) is 0 Å². The van der Waals surface area contributed by atoms with E-state index in [-0.39, 0.29) is 24.3 Å². The molecule has 2 rings (SSSR count). The summed E-state index contributed by atoms with van der Waals surface area (Å²) in [6, 6.07) is 5.21. The predicted octanol–water partition coefficient (Wildman–Crippen LogP) is 0.657. The van der Waals surface area contributed by atoms with Gasteiger partial charge in [0, 0.05) is 24.9 Å². The van der Waals surface area contributed by atoms with Gasteiger partial charge < -0.3 is 5.11 Å². The molecule has 0 aliphatic carbocycles. The Morgan fingerprint density at radius 3 is 2.89 bits per heavy atom. The molecule has 0 amide bonds. The molecule has 2 unspecified atom stereocenters. The van der Waals surface area contributed by atoms with Crippen LogP contribution >= 0.6 is 0 Å². The monoisotopic (exact) mass is 284 g/mol. The fraction of sp³-hybridized carbons (Fsp3) is 0.615. The van der Waals surface area contributed by atoms with E-state index in [1.165, 1.54) is 4.31 Å². The van der Waals surface area contributed by atoms with Gasteiger partial charge in [0.2, 0.25) is 10.0 Å². The zero-order valence-corrected chi connectivity index (χ0v) is 11.9. The molecular formula is C13H20N2O3S. The van der Waals surface area contributed by atoms with Crippen molar-refractivity contribution in [2.24, 2.45) is 5.92 Å². The van der Waals surface area contributed by atoms with Crippen molar-refractivity contribution in [3.63, 3.8) is 0 Å². The summed E-state index contributed by atoms with van der Waals surface area (Å²) in [5.41, 5.74) is 0.777. The lowest BCUT2D eigenvalue weighted by molar-refractivity contribution is 0.191. The minimum Gasteiger partial charge on any atom is -0.395 e. The number of aromatic nitrogens is 1. The molecule has 1 aromatic heterocycles. The molecule has 1 fully saturated rings. The van der Waals surface area contributed by atoms with Crippen LogP contribution in [0.4, 0.5) is 0 Å². The minimum absolute atomic E-state index is 0.0488. The van der Waals surface area contributed by atoms with Gasteiger partial charge in [0.15, 0.2) is 0 Å². The van der Waals surface area contributed by atoms with Gasteiger partial charge in [-0.3, -0.25) is 4.98 Å². The second-order valence-electron chi connectivity index (χ2n) is 5.01. The van der Waals surface area contributed by atoms with Gasteiger partial charge in [-0.1, -0.05) is 13.0 Å². The Labute approximate surface area is 114 Å². The molecule has 19 heavy (non-hydrogen) atoms. The van der Waals surface area contributed by atoms with Crippen LogP contribution in [-0.2, 0) is 16.4 Å². The van der Waals surface area contributed by atoms with Crippen molar-refractivity contribution < 1.29 is 13.5 Å². The molecule has 5 nitrogen and oxygen atoms in total. The van der Waals surface area contributed by atoms with Gasteiger partial charge in [-0.25, -0.2) is 8.42 Å². The van der Waals surface area contributed by atoms with Gasteiger partial charge in [0.05, 0.1) is 18.4 Å². The number of sulfonamides is 1. The molecule has 0 bridgehead atoms. The second-order valence-corrected chi connectivity index (χ2v) is 7.05. The van der Waals surface area contributed by atoms with Gasteiger partial charge in [0.25, 0.3) is 0 Å². The Kier molecular flexibility index (Phi) is 4.54. The van der Waals surface area contributed by atoms with Crippen LogP contribution in [0.15, 0.2) is 24.4 Å². The van der Waals surface area contributed by atoms with E-state index in [2.05, 4.69) is 4.98 Å². The third-order valence-electron chi connectivity index (χ3n) is 3.72. The highest BCUT2D eigenvalue weighted by molar-refractivity contribution is 7.89. The Morgan fingerprint density at radius 2 is 2.26 bits per heavy atom. The Balaban J connectivity index is 2.03. The molecule has 2 heterocycles. The molecule has 2 atom stereocenters. The van der Waals surface area contributed by atoms with Crippen molar-refractivity contribution in [1.29, 1.82) is 0 Å². The van der Waals surface area contributed by atoms with Gasteiger partial charge in [-0.15, -0.1) is 0 Å². The van der Waals surface area contributed by atoms with E-state index in [1.54, 1.807) is 6.20 Å². The number of hydrogen-bond donors (Lipinski definition) is 1. The number of aliphatic hydroxyl groups excluding tert-OH is 1. The van der Waals surface area contributed by atoms with Crippen molar-refractivity contribution in [3.05, 3.63) is 30.1 Å². The van der Waals surface area contributed by atoms with E-state index in [0.29, 0.717) is 13.0 Å². The summed E-state index contributed by atoms with van der Waals surface area (Å²) < 4.78 is 26.1. The summed E-state index contributed by atoms with van der Waals surface area (Å²) in [5.74, 6) is 0.266. The standard InChI is InChI=1S/C13H20N2O3S/c1-11-5-8-15(13(11)10-16)19(17,18)9-6-12-4-2-3-7-14-12/h2-4,7,11,13,16H,5-6,8-10H2,1H3. The van der Waals surface area contributed by atoms with Gasteiger partial charge in [-0.2, -0.15) is 4.31 Å². The largest absolute Gasteiger partial charge is 0.395 e. The molecule has 1 N–H and O–H groups in total. The molecule has 106 valence electrons. The van der Waals surface area contributed by atoms with E-state index >= 15 is 0 Å². The first-order valence-electron chi connectivity index (χ1n) is 6.55. The lowest BCUT2D eigenvalue weighted by atomic mass is 10.0. The highest BCUT2D eigenvalue weighted by Gasteiger charge is 2.37. The van der Waals surface area contributed by atoms with Crippen LogP contribution in [0.2, 0.25) is 0 Å². The van der Waals surface area contributed by atoms with Gasteiger partial charge in [-0.05, 0) is 24.5 Å². The molecule has 1 aromatic rings. The summed E-state index contributed by atoms with van der Waals surface area (Å²) in [7, 11) is -3.32. The Bertz CT molecular complexity index is 504. The summed E-state index contributed by atoms with van der Waals surface area (Å²) in [6.45, 7) is 2.39. The molecule has 0 spiro atoms. The number of hydrogen-bond acceptors (Lipinski definition) is 4. The van der Waals surface area contributed by atoms with Crippen molar-refractivity contribution in [3.8, 4) is 0 Å². The van der Waals surface area contributed by atoms with E-state index in [0.717, 1.165) is 12.1 Å². The van der Waals surface area contributed by atoms with Crippen LogP contribution < -0.4 is 0 Å². The summed E-state index contributed by atoms with van der Waals surface area (Å²) in [5, 5.41) is 9.34. The fourth-order valence-electron chi connectivity index (χ4n) is 2.49. The zero-order valence-electron chi connectivity index (χ0n) is 11.1. The first-order chi connectivity index (χ1) is 9.04. The molecule has 1 saturated heterocycles. The minimum atomic E-state index is -3.32. The lowest BCUT2D eigenvalue weighted by Crippen LogP contribution is -2.41. The smallest absolute Gasteiger partial charge is 0.214 e. The summed E-state index contributed by atoms with van der Waals surface area (Å²) in [6.07, 6.45) is 2.89. The van der Waals surface area contributed by atoms with E-state index < -0.39 is 10.0 Å². The number of rotatable bonds is 5. The highest BCUT2D eigenvalue weighted by Crippen LogP contribution is 2.26. The van der Waals surface area contributed by atoms with Crippen molar-refractivity contribution in [1.82, 2.24) is 9.29 Å². The third kappa shape index (κ3) is 3.32. The maximum absolute atomic E-state index is 12.3. The maximum Gasteiger partial charge on any atom is 0.214 e. The molecule has 6 heteroatoms. The quantitative estimate of drug-likeness (QED) is 0.862. The van der Waals surface area contributed by atoms with Gasteiger partial charge >= 0.3 is 0 Å². The van der Waals surface area contributed by atoms with Crippen LogP contribution in [0.1, 0.15) is 19.0 Å². The SMILES string of the molecule is CC1CCN(S(=O)(=O)CCc2ccccn2)C1CO. The Hall–Kier alpha value is -0.980. The molecular weight excluding hydrogens is 264 g/mol. The lowest BCUT2D eigenvalue weighted by Gasteiger charge is -2.24. The van der Waals surface area contributed by atoms with Crippen molar-refractivity contribution in [2.75, 3.05) is 18.9 Å². The average Bonchev–Trinajstić information content (AvgIpc) is 2.79. The van der Waals surface area contributed by atoms with E-state index in [9.17, 15) is 13.5 Å². The van der Waals surface area contributed by atoms with Crippen LogP contribution in [0.25, 0.3) is 0 Å². The highest BCUT2D eigenvalue weighted by atomic mass is 32.2. The molecule has 0 radical (unpaired) electrons. The van der Waals surface area contributed by atoms with E-state index in [1.807, 2.05) is 25.1 Å². The van der Waals surface area contributed by atoms with Crippen LogP contribution in [-0.4, -0.2) is 47.8 Å². The number of aliphatic hydroxyl groups is 1. The second kappa shape index (κ2) is 5.98. The average molecular weight is 284 g/mol. The molecule has 1 aliphatic heterocycles. The van der Waals surface area contributed by atoms with Crippen LogP contribution in [0.3, 0.4) is 0 Å². The predicted molar refractivity (Wildman–Crippen MR) is 73.1 cm³/mol. The number of nitrogens with zero attached hydrogens (tertiary/aromatic N) is 2. The maximum atomic E-state index is 12.3. The molecule has 1 aliphatic rings. The topological polar surface area (TPSA) is 70.5 Å². The summed E-state index contributed by atoms with van der Waals surface area (Å²) >= 11 is 0. The molecule has 0 saturated carbocycles. The van der Waals surface area contributed by atoms with Crippen molar-refractivity contribution >= 4 is 10.0 Å². The van der Waals surface area contributed by atoms with Crippen LogP contribution in [0, 0.1) is 5.92 Å². The number of aryl methyl sites for hydroxylation is 1. The van der Waals surface area contributed by atoms with Crippen LogP contribution in [0.5, 0.6) is 0 Å². The normalized spacial score (nSPS) is 24.7. The Morgan fingerprint density at radius 1 is 1.47 bits per heavy atom. The zero-order chi connectivity index (χ0) is 13.9. The third-order valence-corrected chi connectivity index (χ3v) is 5.61. The van der Waals surface area contributed by atoms with Crippen molar-refractivity contribution in [2.45, 2.75) is 25.8 Å². The first-order valence-corrected chi connectivity index (χ1v) is 8.16. The van der Waals surface area contributed by atoms with Gasteiger partial charge in [0.1, 0.15) is 0 Å². The molecule has 0 aromatic carbocycles. The fourth-order valence-corrected chi connectivity index (χ4v) is 4.26. The number of pyridine rings is 1. The first kappa shape index (κ1) is 14.4.